The van der Waals surface area contributed by atoms with E-state index < -0.39 is 0 Å². The molecule has 1 aliphatic heterocycles. The van der Waals surface area contributed by atoms with Gasteiger partial charge in [-0.05, 0) is 40.2 Å². The van der Waals surface area contributed by atoms with Gasteiger partial charge in [0.05, 0.1) is 5.69 Å². The molecule has 3 aromatic rings. The summed E-state index contributed by atoms with van der Waals surface area (Å²) in [5, 5.41) is 3.93. The van der Waals surface area contributed by atoms with E-state index in [0.717, 1.165) is 38.7 Å². The summed E-state index contributed by atoms with van der Waals surface area (Å²) in [6, 6.07) is 11.4. The smallest absolute Gasteiger partial charge is 0.321 e. The first kappa shape index (κ1) is 16.3. The van der Waals surface area contributed by atoms with E-state index in [1.165, 1.54) is 0 Å². The molecule has 0 bridgehead atoms. The maximum absolute atomic E-state index is 12.5. The van der Waals surface area contributed by atoms with Crippen LogP contribution in [0.15, 0.2) is 47.1 Å². The number of nitrogens with one attached hydrogen (secondary N) is 1. The first-order valence-electron chi connectivity index (χ1n) is 7.98. The van der Waals surface area contributed by atoms with Crippen LogP contribution < -0.4 is 10.2 Å². The standard InChI is InChI=1S/C17H16BrN5OS/c18-12-4-1-2-5-13(12)20-16(24)22-8-10-23(11-9-22)17-21-14-6-3-7-19-15(14)25-17/h1-7H,8-11H2,(H,20,24). The number of carbonyl (C=O) groups excluding carboxylic acids is 1. The number of rotatable bonds is 2. The molecule has 3 heterocycles. The number of anilines is 2. The summed E-state index contributed by atoms with van der Waals surface area (Å²) in [6.45, 7) is 2.87. The second-order valence-electron chi connectivity index (χ2n) is 5.71. The van der Waals surface area contributed by atoms with Gasteiger partial charge in [-0.1, -0.05) is 23.5 Å². The molecule has 25 heavy (non-hydrogen) atoms. The van der Waals surface area contributed by atoms with E-state index in [4.69, 9.17) is 0 Å². The van der Waals surface area contributed by atoms with Crippen molar-refractivity contribution in [2.75, 3.05) is 36.4 Å². The van der Waals surface area contributed by atoms with Crippen molar-refractivity contribution >= 4 is 54.5 Å². The zero-order valence-electron chi connectivity index (χ0n) is 13.4. The van der Waals surface area contributed by atoms with E-state index >= 15 is 0 Å². The van der Waals surface area contributed by atoms with Gasteiger partial charge >= 0.3 is 6.03 Å². The largest absolute Gasteiger partial charge is 0.344 e. The van der Waals surface area contributed by atoms with Crippen LogP contribution in [0.2, 0.25) is 0 Å². The van der Waals surface area contributed by atoms with Gasteiger partial charge in [-0.2, -0.15) is 0 Å². The van der Waals surface area contributed by atoms with Crippen LogP contribution in [0.5, 0.6) is 0 Å². The number of hydrogen-bond acceptors (Lipinski definition) is 5. The van der Waals surface area contributed by atoms with Crippen LogP contribution >= 0.6 is 27.3 Å². The van der Waals surface area contributed by atoms with Crippen LogP contribution in [0.25, 0.3) is 10.3 Å². The lowest BCUT2D eigenvalue weighted by atomic mass is 10.3. The molecule has 2 aromatic heterocycles. The minimum absolute atomic E-state index is 0.0717. The Bertz CT molecular complexity index is 874. The number of nitrogens with zero attached hydrogens (tertiary/aromatic N) is 4. The van der Waals surface area contributed by atoms with Crippen molar-refractivity contribution < 1.29 is 4.79 Å². The number of carbonyl (C=O) groups is 1. The Balaban J connectivity index is 1.39. The fraction of sp³-hybridized carbons (Fsp3) is 0.235. The van der Waals surface area contributed by atoms with Gasteiger partial charge in [-0.15, -0.1) is 0 Å². The minimum Gasteiger partial charge on any atom is -0.344 e. The number of halogens is 1. The fourth-order valence-corrected chi connectivity index (χ4v) is 4.10. The third-order valence-corrected chi connectivity index (χ3v) is 5.84. The summed E-state index contributed by atoms with van der Waals surface area (Å²) in [5.74, 6) is 0. The van der Waals surface area contributed by atoms with E-state index in [1.807, 2.05) is 41.3 Å². The van der Waals surface area contributed by atoms with Gasteiger partial charge in [0, 0.05) is 36.8 Å². The summed E-state index contributed by atoms with van der Waals surface area (Å²) >= 11 is 5.05. The molecule has 8 heteroatoms. The Kier molecular flexibility index (Phi) is 4.54. The quantitative estimate of drug-likeness (QED) is 0.688. The van der Waals surface area contributed by atoms with Crippen molar-refractivity contribution in [1.82, 2.24) is 14.9 Å². The van der Waals surface area contributed by atoms with Crippen LogP contribution in [0.3, 0.4) is 0 Å². The number of hydrogen-bond donors (Lipinski definition) is 1. The van der Waals surface area contributed by atoms with Crippen molar-refractivity contribution in [3.05, 3.63) is 47.1 Å². The Morgan fingerprint density at radius 1 is 1.12 bits per heavy atom. The summed E-state index contributed by atoms with van der Waals surface area (Å²) in [5.41, 5.74) is 1.71. The van der Waals surface area contributed by atoms with E-state index in [2.05, 4.69) is 36.1 Å². The van der Waals surface area contributed by atoms with Crippen LogP contribution in [-0.2, 0) is 0 Å². The molecular formula is C17H16BrN5OS. The molecule has 1 N–H and O–H groups in total. The van der Waals surface area contributed by atoms with Gasteiger partial charge in [0.25, 0.3) is 0 Å². The van der Waals surface area contributed by atoms with Crippen LogP contribution in [0.4, 0.5) is 15.6 Å². The number of para-hydroxylation sites is 1. The van der Waals surface area contributed by atoms with E-state index in [-0.39, 0.29) is 6.03 Å². The first-order valence-corrected chi connectivity index (χ1v) is 9.58. The Morgan fingerprint density at radius 2 is 1.92 bits per heavy atom. The number of amides is 2. The Hall–Kier alpha value is -2.19. The molecule has 0 radical (unpaired) electrons. The molecule has 128 valence electrons. The number of urea groups is 1. The van der Waals surface area contributed by atoms with E-state index in [1.54, 1.807) is 17.5 Å². The number of piperazine rings is 1. The van der Waals surface area contributed by atoms with Crippen molar-refractivity contribution in [3.63, 3.8) is 0 Å². The molecule has 4 rings (SSSR count). The Morgan fingerprint density at radius 3 is 2.68 bits per heavy atom. The summed E-state index contributed by atoms with van der Waals surface area (Å²) in [7, 11) is 0. The molecule has 6 nitrogen and oxygen atoms in total. The van der Waals surface area contributed by atoms with Crippen molar-refractivity contribution in [1.29, 1.82) is 0 Å². The summed E-state index contributed by atoms with van der Waals surface area (Å²) in [6.07, 6.45) is 1.79. The number of thiazole rings is 1. The van der Waals surface area contributed by atoms with Crippen molar-refractivity contribution in [2.24, 2.45) is 0 Å². The number of aromatic nitrogens is 2. The summed E-state index contributed by atoms with van der Waals surface area (Å²) in [4.78, 5) is 26.4. The zero-order chi connectivity index (χ0) is 17.2. The first-order chi connectivity index (χ1) is 12.2. The molecule has 2 amide bonds. The van der Waals surface area contributed by atoms with Crippen LogP contribution in [-0.4, -0.2) is 47.1 Å². The highest BCUT2D eigenvalue weighted by Crippen LogP contribution is 2.28. The highest BCUT2D eigenvalue weighted by molar-refractivity contribution is 9.10. The van der Waals surface area contributed by atoms with Gasteiger partial charge < -0.3 is 15.1 Å². The number of fused-ring (bicyclic) bond motifs is 1. The minimum atomic E-state index is -0.0717. The SMILES string of the molecule is O=C(Nc1ccccc1Br)N1CCN(c2nc3cccnc3s2)CC1. The molecular weight excluding hydrogens is 402 g/mol. The maximum Gasteiger partial charge on any atom is 0.321 e. The lowest BCUT2D eigenvalue weighted by Gasteiger charge is -2.34. The second-order valence-corrected chi connectivity index (χ2v) is 7.52. The van der Waals surface area contributed by atoms with E-state index in [9.17, 15) is 4.79 Å². The van der Waals surface area contributed by atoms with Crippen LogP contribution in [0.1, 0.15) is 0 Å². The van der Waals surface area contributed by atoms with Gasteiger partial charge in [-0.3, -0.25) is 0 Å². The lowest BCUT2D eigenvalue weighted by Crippen LogP contribution is -2.50. The van der Waals surface area contributed by atoms with Crippen molar-refractivity contribution in [3.8, 4) is 0 Å². The lowest BCUT2D eigenvalue weighted by molar-refractivity contribution is 0.208. The number of benzene rings is 1. The third-order valence-electron chi connectivity index (χ3n) is 4.11. The fourth-order valence-electron chi connectivity index (χ4n) is 2.75. The molecule has 1 aliphatic rings. The second kappa shape index (κ2) is 6.97. The monoisotopic (exact) mass is 417 g/mol. The van der Waals surface area contributed by atoms with Gasteiger partial charge in [-0.25, -0.2) is 14.8 Å². The zero-order valence-corrected chi connectivity index (χ0v) is 15.8. The van der Waals surface area contributed by atoms with Crippen LogP contribution in [0, 0.1) is 0 Å². The van der Waals surface area contributed by atoms with Gasteiger partial charge in [0.15, 0.2) is 5.13 Å². The van der Waals surface area contributed by atoms with Gasteiger partial charge in [0.2, 0.25) is 0 Å². The molecule has 1 aromatic carbocycles. The van der Waals surface area contributed by atoms with Crippen molar-refractivity contribution in [2.45, 2.75) is 0 Å². The molecule has 0 atom stereocenters. The molecule has 0 unspecified atom stereocenters. The van der Waals surface area contributed by atoms with Gasteiger partial charge in [0.1, 0.15) is 10.3 Å². The molecule has 0 saturated carbocycles. The average Bonchev–Trinajstić information content (AvgIpc) is 3.08. The van der Waals surface area contributed by atoms with E-state index in [0.29, 0.717) is 13.1 Å². The third kappa shape index (κ3) is 3.45. The molecule has 0 aliphatic carbocycles. The normalized spacial score (nSPS) is 14.8. The number of pyridine rings is 1. The highest BCUT2D eigenvalue weighted by atomic mass is 79.9. The highest BCUT2D eigenvalue weighted by Gasteiger charge is 2.23. The predicted molar refractivity (Wildman–Crippen MR) is 104 cm³/mol. The summed E-state index contributed by atoms with van der Waals surface area (Å²) < 4.78 is 0.879. The molecule has 1 saturated heterocycles. The maximum atomic E-state index is 12.5. The average molecular weight is 418 g/mol. The topological polar surface area (TPSA) is 61.4 Å². The Labute approximate surface area is 157 Å². The predicted octanol–water partition coefficient (Wildman–Crippen LogP) is 3.81. The molecule has 1 fully saturated rings. The molecule has 0 spiro atoms.